The highest BCUT2D eigenvalue weighted by Crippen LogP contribution is 2.46. The fraction of sp³-hybridized carbons (Fsp3) is 0.367. The van der Waals surface area contributed by atoms with Gasteiger partial charge in [-0.1, -0.05) is 54.6 Å². The van der Waals surface area contributed by atoms with Gasteiger partial charge in [0.25, 0.3) is 0 Å². The molecule has 3 aliphatic rings. The van der Waals surface area contributed by atoms with E-state index < -0.39 is 11.6 Å². The number of nitrogens with zero attached hydrogens (tertiary/aromatic N) is 1. The molecule has 1 aliphatic carbocycles. The van der Waals surface area contributed by atoms with E-state index in [1.807, 2.05) is 47.4 Å². The van der Waals surface area contributed by atoms with Gasteiger partial charge in [0.1, 0.15) is 12.4 Å². The standard InChI is InChI=1S/C30H30F2N2O3/c31-22-14-24(29(26(32)15-22)36-18-20-6-2-1-3-7-20)23-16-27(23)33-17-28(35)34-12-10-30(11-13-34)25-9-5-4-8-21(25)19-37-30/h1-9,14-15,23,27,33H,10-13,16-19H2/t23-,27+/m0/s1. The zero-order valence-electron chi connectivity index (χ0n) is 20.6. The van der Waals surface area contributed by atoms with Crippen molar-refractivity contribution in [2.45, 2.75) is 50.0 Å². The van der Waals surface area contributed by atoms with Gasteiger partial charge in [-0.3, -0.25) is 4.79 Å². The highest BCUT2D eigenvalue weighted by Gasteiger charge is 2.44. The summed E-state index contributed by atoms with van der Waals surface area (Å²) < 4.78 is 40.7. The number of halogens is 2. The number of fused-ring (bicyclic) bond motifs is 2. The Morgan fingerprint density at radius 3 is 2.62 bits per heavy atom. The second-order valence-electron chi connectivity index (χ2n) is 10.2. The van der Waals surface area contributed by atoms with Gasteiger partial charge in [0.15, 0.2) is 11.6 Å². The van der Waals surface area contributed by atoms with Gasteiger partial charge in [-0.2, -0.15) is 0 Å². The molecule has 0 unspecified atom stereocenters. The number of nitrogens with one attached hydrogen (secondary N) is 1. The summed E-state index contributed by atoms with van der Waals surface area (Å²) in [4.78, 5) is 14.8. The Kier molecular flexibility index (Phi) is 6.42. The molecule has 3 aromatic rings. The molecule has 3 aromatic carbocycles. The normalized spacial score (nSPS) is 21.6. The molecule has 1 N–H and O–H groups in total. The fourth-order valence-corrected chi connectivity index (χ4v) is 5.75. The third kappa shape index (κ3) is 4.86. The lowest BCUT2D eigenvalue weighted by Crippen LogP contribution is -2.47. The van der Waals surface area contributed by atoms with E-state index in [1.54, 1.807) is 0 Å². The predicted octanol–water partition coefficient (Wildman–Crippen LogP) is 5.04. The van der Waals surface area contributed by atoms with E-state index in [1.165, 1.54) is 17.2 Å². The van der Waals surface area contributed by atoms with Gasteiger partial charge in [0.2, 0.25) is 5.91 Å². The van der Waals surface area contributed by atoms with Gasteiger partial charge in [-0.05, 0) is 42.0 Å². The van der Waals surface area contributed by atoms with Crippen molar-refractivity contribution in [1.82, 2.24) is 10.2 Å². The van der Waals surface area contributed by atoms with E-state index in [2.05, 4.69) is 17.4 Å². The number of amides is 1. The lowest BCUT2D eigenvalue weighted by molar-refractivity contribution is -0.137. The first-order valence-electron chi connectivity index (χ1n) is 12.9. The largest absolute Gasteiger partial charge is 0.486 e. The van der Waals surface area contributed by atoms with Gasteiger partial charge in [0.05, 0.1) is 18.8 Å². The molecule has 5 nitrogen and oxygen atoms in total. The van der Waals surface area contributed by atoms with Crippen LogP contribution in [-0.2, 0) is 28.3 Å². The molecule has 1 amide bonds. The Labute approximate surface area is 215 Å². The van der Waals surface area contributed by atoms with Crippen molar-refractivity contribution in [1.29, 1.82) is 0 Å². The zero-order chi connectivity index (χ0) is 25.4. The third-order valence-corrected chi connectivity index (χ3v) is 7.90. The van der Waals surface area contributed by atoms with Gasteiger partial charge < -0.3 is 19.7 Å². The molecule has 1 saturated heterocycles. The molecule has 2 heterocycles. The minimum atomic E-state index is -0.703. The summed E-state index contributed by atoms with van der Waals surface area (Å²) in [5.41, 5.74) is 3.64. The maximum absolute atomic E-state index is 14.6. The second-order valence-corrected chi connectivity index (χ2v) is 10.2. The number of likely N-dealkylation sites (tertiary alicyclic amines) is 1. The topological polar surface area (TPSA) is 50.8 Å². The first kappa shape index (κ1) is 24.1. The molecule has 7 heteroatoms. The number of benzene rings is 3. The molecule has 192 valence electrons. The number of hydrogen-bond acceptors (Lipinski definition) is 4. The number of piperidine rings is 1. The first-order chi connectivity index (χ1) is 18.0. The number of carbonyl (C=O) groups excluding carboxylic acids is 1. The van der Waals surface area contributed by atoms with Crippen molar-refractivity contribution in [3.05, 3.63) is 101 Å². The van der Waals surface area contributed by atoms with Gasteiger partial charge >= 0.3 is 0 Å². The van der Waals surface area contributed by atoms with Crippen LogP contribution < -0.4 is 10.1 Å². The van der Waals surface area contributed by atoms with Crippen molar-refractivity contribution in [2.24, 2.45) is 0 Å². The van der Waals surface area contributed by atoms with E-state index in [0.717, 1.165) is 24.5 Å². The molecule has 2 fully saturated rings. The number of hydrogen-bond donors (Lipinski definition) is 1. The minimum Gasteiger partial charge on any atom is -0.486 e. The zero-order valence-corrected chi connectivity index (χ0v) is 20.6. The highest BCUT2D eigenvalue weighted by molar-refractivity contribution is 5.78. The average molecular weight is 505 g/mol. The van der Waals surface area contributed by atoms with Crippen LogP contribution in [0.25, 0.3) is 0 Å². The molecule has 6 rings (SSSR count). The summed E-state index contributed by atoms with van der Waals surface area (Å²) in [6.07, 6.45) is 2.27. The van der Waals surface area contributed by atoms with Gasteiger partial charge in [-0.15, -0.1) is 0 Å². The SMILES string of the molecule is O=C(CN[C@@H]1C[C@H]1c1cc(F)cc(F)c1OCc1ccccc1)N1CCC2(CC1)OCc1ccccc12. The van der Waals surface area contributed by atoms with Crippen LogP contribution in [-0.4, -0.2) is 36.5 Å². The van der Waals surface area contributed by atoms with Crippen LogP contribution >= 0.6 is 0 Å². The maximum Gasteiger partial charge on any atom is 0.236 e. The summed E-state index contributed by atoms with van der Waals surface area (Å²) in [6.45, 7) is 2.32. The smallest absolute Gasteiger partial charge is 0.236 e. The molecule has 2 aliphatic heterocycles. The summed E-state index contributed by atoms with van der Waals surface area (Å²) in [5.74, 6) is -1.30. The molecule has 2 atom stereocenters. The molecular weight excluding hydrogens is 474 g/mol. The molecule has 0 radical (unpaired) electrons. The number of carbonyl (C=O) groups is 1. The van der Waals surface area contributed by atoms with Crippen LogP contribution in [0.15, 0.2) is 66.7 Å². The second kappa shape index (κ2) is 9.88. The summed E-state index contributed by atoms with van der Waals surface area (Å²) in [7, 11) is 0. The quantitative estimate of drug-likeness (QED) is 0.490. The lowest BCUT2D eigenvalue weighted by atomic mass is 9.84. The van der Waals surface area contributed by atoms with E-state index >= 15 is 0 Å². The molecule has 0 bridgehead atoms. The van der Waals surface area contributed by atoms with Crippen molar-refractivity contribution >= 4 is 5.91 Å². The van der Waals surface area contributed by atoms with Gasteiger partial charge in [-0.25, -0.2) is 8.78 Å². The Bertz CT molecular complexity index is 1290. The molecule has 0 aromatic heterocycles. The van der Waals surface area contributed by atoms with Crippen LogP contribution in [0.4, 0.5) is 8.78 Å². The van der Waals surface area contributed by atoms with Crippen molar-refractivity contribution in [3.8, 4) is 5.75 Å². The van der Waals surface area contributed by atoms with Gasteiger partial charge in [0, 0.05) is 36.7 Å². The Morgan fingerprint density at radius 2 is 1.81 bits per heavy atom. The van der Waals surface area contributed by atoms with Crippen molar-refractivity contribution in [2.75, 3.05) is 19.6 Å². The molecule has 1 saturated carbocycles. The Balaban J connectivity index is 1.04. The molecule has 1 spiro atoms. The predicted molar refractivity (Wildman–Crippen MR) is 135 cm³/mol. The monoisotopic (exact) mass is 504 g/mol. The summed E-state index contributed by atoms with van der Waals surface area (Å²) in [5, 5.41) is 3.30. The van der Waals surface area contributed by atoms with Crippen molar-refractivity contribution < 1.29 is 23.0 Å². The summed E-state index contributed by atoms with van der Waals surface area (Å²) >= 11 is 0. The number of rotatable bonds is 7. The average Bonchev–Trinajstić information content (AvgIpc) is 3.62. The Morgan fingerprint density at radius 1 is 1.05 bits per heavy atom. The summed E-state index contributed by atoms with van der Waals surface area (Å²) in [6, 6.07) is 20.0. The van der Waals surface area contributed by atoms with E-state index in [0.29, 0.717) is 31.7 Å². The third-order valence-electron chi connectivity index (χ3n) is 7.90. The van der Waals surface area contributed by atoms with Crippen LogP contribution in [0.1, 0.15) is 47.4 Å². The molecule has 37 heavy (non-hydrogen) atoms. The van der Waals surface area contributed by atoms with Crippen LogP contribution in [0.2, 0.25) is 0 Å². The first-order valence-corrected chi connectivity index (χ1v) is 12.9. The van der Waals surface area contributed by atoms with E-state index in [-0.39, 0.29) is 42.4 Å². The van der Waals surface area contributed by atoms with Crippen LogP contribution in [0.5, 0.6) is 5.75 Å². The number of ether oxygens (including phenoxy) is 2. The fourth-order valence-electron chi connectivity index (χ4n) is 5.75. The minimum absolute atomic E-state index is 0.0228. The van der Waals surface area contributed by atoms with Crippen molar-refractivity contribution in [3.63, 3.8) is 0 Å². The van der Waals surface area contributed by atoms with Crippen LogP contribution in [0, 0.1) is 11.6 Å². The molecular formula is C30H30F2N2O3. The van der Waals surface area contributed by atoms with Crippen LogP contribution in [0.3, 0.4) is 0 Å². The van der Waals surface area contributed by atoms with E-state index in [4.69, 9.17) is 9.47 Å². The maximum atomic E-state index is 14.6. The lowest BCUT2D eigenvalue weighted by Gasteiger charge is -2.39. The highest BCUT2D eigenvalue weighted by atomic mass is 19.1. The Hall–Kier alpha value is -3.29. The van der Waals surface area contributed by atoms with E-state index in [9.17, 15) is 13.6 Å².